The van der Waals surface area contributed by atoms with Crippen LogP contribution in [0.5, 0.6) is 0 Å². The largest absolute Gasteiger partial charge is 0.368 e. The van der Waals surface area contributed by atoms with Gasteiger partial charge in [-0.1, -0.05) is 13.8 Å². The Balaban J connectivity index is 2.32. The maximum Gasteiger partial charge on any atom is 0.240 e. The van der Waals surface area contributed by atoms with Gasteiger partial charge in [-0.05, 0) is 32.1 Å². The number of hydrogen-bond acceptors (Lipinski definition) is 7. The van der Waals surface area contributed by atoms with Crippen LogP contribution in [0.1, 0.15) is 31.6 Å². The molecule has 2 aromatic rings. The van der Waals surface area contributed by atoms with E-state index in [0.717, 1.165) is 35.4 Å². The Kier molecular flexibility index (Phi) is 5.29. The van der Waals surface area contributed by atoms with E-state index < -0.39 is 0 Å². The number of anilines is 2. The van der Waals surface area contributed by atoms with Crippen molar-refractivity contribution in [3.63, 3.8) is 0 Å². The van der Waals surface area contributed by atoms with Gasteiger partial charge < -0.3 is 5.32 Å². The first-order valence-corrected chi connectivity index (χ1v) is 9.15. The lowest BCUT2D eigenvalue weighted by molar-refractivity contribution is 0.574. The molecule has 0 atom stereocenters. The van der Waals surface area contributed by atoms with E-state index in [1.807, 2.05) is 11.8 Å². The molecule has 4 N–H and O–H groups in total. The van der Waals surface area contributed by atoms with E-state index in [-0.39, 0.29) is 4.75 Å². The van der Waals surface area contributed by atoms with Crippen molar-refractivity contribution in [1.82, 2.24) is 9.97 Å². The average molecular weight is 326 g/mol. The number of hydrazine groups is 1. The molecule has 5 nitrogen and oxygen atoms in total. The lowest BCUT2D eigenvalue weighted by Gasteiger charge is -2.30. The summed E-state index contributed by atoms with van der Waals surface area (Å²) in [7, 11) is 0. The van der Waals surface area contributed by atoms with Crippen LogP contribution < -0.4 is 16.6 Å². The van der Waals surface area contributed by atoms with E-state index in [1.165, 1.54) is 4.88 Å². The zero-order valence-electron chi connectivity index (χ0n) is 13.0. The molecular formula is C14H23N5S2. The number of aryl methyl sites for hydroxylation is 1. The molecule has 0 saturated heterocycles. The van der Waals surface area contributed by atoms with Crippen molar-refractivity contribution in [1.29, 1.82) is 0 Å². The van der Waals surface area contributed by atoms with E-state index >= 15 is 0 Å². The number of fused-ring (bicyclic) bond motifs is 1. The smallest absolute Gasteiger partial charge is 0.240 e. The van der Waals surface area contributed by atoms with Crippen molar-refractivity contribution in [2.24, 2.45) is 5.84 Å². The highest BCUT2D eigenvalue weighted by Crippen LogP contribution is 2.33. The Labute approximate surface area is 134 Å². The molecule has 0 aliphatic heterocycles. The Morgan fingerprint density at radius 2 is 2.05 bits per heavy atom. The lowest BCUT2D eigenvalue weighted by Crippen LogP contribution is -2.32. The van der Waals surface area contributed by atoms with Crippen molar-refractivity contribution < 1.29 is 0 Å². The van der Waals surface area contributed by atoms with Gasteiger partial charge in [-0.15, -0.1) is 11.3 Å². The molecule has 0 saturated carbocycles. The number of nitrogens with zero attached hydrogens (tertiary/aromatic N) is 2. The minimum atomic E-state index is 0.235. The molecule has 0 fully saturated rings. The zero-order chi connectivity index (χ0) is 15.5. The van der Waals surface area contributed by atoms with E-state index in [4.69, 9.17) is 5.84 Å². The van der Waals surface area contributed by atoms with Gasteiger partial charge in [-0.3, -0.25) is 5.43 Å². The number of thioether (sulfide) groups is 1. The fraction of sp³-hybridized carbons (Fsp3) is 0.571. The first-order valence-electron chi connectivity index (χ1n) is 7.11. The van der Waals surface area contributed by atoms with Crippen LogP contribution in [0.25, 0.3) is 10.2 Å². The summed E-state index contributed by atoms with van der Waals surface area (Å²) in [6.07, 6.45) is 4.42. The van der Waals surface area contributed by atoms with Crippen LogP contribution in [0.2, 0.25) is 0 Å². The van der Waals surface area contributed by atoms with Gasteiger partial charge >= 0.3 is 0 Å². The van der Waals surface area contributed by atoms with E-state index in [1.54, 1.807) is 11.3 Å². The Hall–Kier alpha value is -1.05. The molecule has 2 heterocycles. The minimum Gasteiger partial charge on any atom is -0.368 e. The standard InChI is InChI=1S/C14H23N5S2/c1-5-14(6-2,20-4)8-16-11-10-7-9(3)21-12(10)18-13(17-11)19-15/h7H,5-6,8,15H2,1-4H3,(H2,16,17,18,19). The van der Waals surface area contributed by atoms with Crippen LogP contribution in [-0.2, 0) is 0 Å². The summed E-state index contributed by atoms with van der Waals surface area (Å²) in [6.45, 7) is 7.43. The predicted octanol–water partition coefficient (Wildman–Crippen LogP) is 3.62. The maximum atomic E-state index is 5.47. The molecule has 0 spiro atoms. The summed E-state index contributed by atoms with van der Waals surface area (Å²) in [4.78, 5) is 11.1. The number of nitrogens with two attached hydrogens (primary N) is 1. The molecule has 0 aliphatic rings. The average Bonchev–Trinajstić information content (AvgIpc) is 2.89. The van der Waals surface area contributed by atoms with Crippen LogP contribution in [0.4, 0.5) is 11.8 Å². The second-order valence-electron chi connectivity index (χ2n) is 5.06. The molecule has 0 aliphatic carbocycles. The molecular weight excluding hydrogens is 302 g/mol. The second-order valence-corrected chi connectivity index (χ2v) is 7.57. The third-order valence-corrected chi connectivity index (χ3v) is 6.48. The fourth-order valence-corrected chi connectivity index (χ4v) is 4.02. The highest BCUT2D eigenvalue weighted by molar-refractivity contribution is 8.00. The molecule has 2 rings (SSSR count). The van der Waals surface area contributed by atoms with Gasteiger partial charge in [0.05, 0.1) is 5.39 Å². The van der Waals surface area contributed by atoms with Crippen molar-refractivity contribution in [2.45, 2.75) is 38.4 Å². The zero-order valence-corrected chi connectivity index (χ0v) is 14.6. The third-order valence-electron chi connectivity index (χ3n) is 3.94. The van der Waals surface area contributed by atoms with Crippen molar-refractivity contribution in [3.8, 4) is 0 Å². The summed E-state index contributed by atoms with van der Waals surface area (Å²) in [5.74, 6) is 6.79. The molecule has 7 heteroatoms. The number of aromatic nitrogens is 2. The van der Waals surface area contributed by atoms with Gasteiger partial charge in [0, 0.05) is 16.2 Å². The second kappa shape index (κ2) is 6.81. The number of nitrogens with one attached hydrogen (secondary N) is 2. The highest BCUT2D eigenvalue weighted by Gasteiger charge is 2.25. The summed E-state index contributed by atoms with van der Waals surface area (Å²) in [6, 6.07) is 2.13. The number of nitrogen functional groups attached to an aromatic ring is 1. The number of thiophene rings is 1. The van der Waals surface area contributed by atoms with Crippen LogP contribution in [0, 0.1) is 6.92 Å². The summed E-state index contributed by atoms with van der Waals surface area (Å²) < 4.78 is 0.235. The van der Waals surface area contributed by atoms with E-state index in [0.29, 0.717) is 5.95 Å². The molecule has 0 bridgehead atoms. The molecule has 116 valence electrons. The van der Waals surface area contributed by atoms with Gasteiger partial charge in [0.25, 0.3) is 0 Å². The van der Waals surface area contributed by atoms with Crippen molar-refractivity contribution in [3.05, 3.63) is 10.9 Å². The Morgan fingerprint density at radius 1 is 1.33 bits per heavy atom. The van der Waals surface area contributed by atoms with Gasteiger partial charge in [0.15, 0.2) is 0 Å². The molecule has 2 aromatic heterocycles. The minimum absolute atomic E-state index is 0.235. The number of hydrogen-bond donors (Lipinski definition) is 3. The quantitative estimate of drug-likeness (QED) is 0.533. The maximum absolute atomic E-state index is 5.47. The first-order chi connectivity index (χ1) is 10.1. The van der Waals surface area contributed by atoms with Crippen molar-refractivity contribution in [2.75, 3.05) is 23.5 Å². The summed E-state index contributed by atoms with van der Waals surface area (Å²) in [5.41, 5.74) is 2.55. The van der Waals surface area contributed by atoms with Crippen LogP contribution in [-0.4, -0.2) is 27.5 Å². The predicted molar refractivity (Wildman–Crippen MR) is 95.3 cm³/mol. The van der Waals surface area contributed by atoms with E-state index in [2.05, 4.69) is 53.8 Å². The normalized spacial score (nSPS) is 11.9. The molecule has 0 aromatic carbocycles. The van der Waals surface area contributed by atoms with Crippen LogP contribution in [0.15, 0.2) is 6.07 Å². The first kappa shape index (κ1) is 16.3. The van der Waals surface area contributed by atoms with Gasteiger partial charge in [-0.25, -0.2) is 10.8 Å². The van der Waals surface area contributed by atoms with E-state index in [9.17, 15) is 0 Å². The Bertz CT molecular complexity index is 598. The van der Waals surface area contributed by atoms with Crippen molar-refractivity contribution >= 4 is 45.1 Å². The number of rotatable bonds is 7. The lowest BCUT2D eigenvalue weighted by atomic mass is 10.0. The SMILES string of the molecule is CCC(CC)(CNc1nc(NN)nc2sc(C)cc12)SC. The Morgan fingerprint density at radius 3 is 2.62 bits per heavy atom. The van der Waals surface area contributed by atoms with Gasteiger partial charge in [-0.2, -0.15) is 16.7 Å². The molecule has 0 amide bonds. The molecule has 0 radical (unpaired) electrons. The van der Waals surface area contributed by atoms with Gasteiger partial charge in [0.1, 0.15) is 10.6 Å². The highest BCUT2D eigenvalue weighted by atomic mass is 32.2. The topological polar surface area (TPSA) is 75.9 Å². The molecule has 21 heavy (non-hydrogen) atoms. The molecule has 0 unspecified atom stereocenters. The van der Waals surface area contributed by atoms with Crippen LogP contribution in [0.3, 0.4) is 0 Å². The van der Waals surface area contributed by atoms with Gasteiger partial charge in [0.2, 0.25) is 5.95 Å². The van der Waals surface area contributed by atoms with Crippen LogP contribution >= 0.6 is 23.1 Å². The summed E-state index contributed by atoms with van der Waals surface area (Å²) >= 11 is 3.57. The third kappa shape index (κ3) is 3.41. The fourth-order valence-electron chi connectivity index (χ4n) is 2.35. The monoisotopic (exact) mass is 325 g/mol. The summed E-state index contributed by atoms with van der Waals surface area (Å²) in [5, 5.41) is 4.58.